The highest BCUT2D eigenvalue weighted by Crippen LogP contribution is 2.38. The number of ether oxygens (including phenoxy) is 1. The van der Waals surface area contributed by atoms with E-state index in [9.17, 15) is 4.79 Å². The maximum atomic E-state index is 10.4. The molecule has 80 valence electrons. The van der Waals surface area contributed by atoms with Gasteiger partial charge in [0.2, 0.25) is 0 Å². The van der Waals surface area contributed by atoms with Crippen molar-refractivity contribution in [2.75, 3.05) is 0 Å². The highest BCUT2D eigenvalue weighted by Gasteiger charge is 2.38. The van der Waals surface area contributed by atoms with Gasteiger partial charge in [0.1, 0.15) is 5.60 Å². The highest BCUT2D eigenvalue weighted by molar-refractivity contribution is 6.30. The van der Waals surface area contributed by atoms with Crippen molar-refractivity contribution >= 4 is 18.1 Å². The van der Waals surface area contributed by atoms with Crippen LogP contribution in [0.15, 0.2) is 24.3 Å². The maximum absolute atomic E-state index is 10.4. The van der Waals surface area contributed by atoms with Gasteiger partial charge in [-0.05, 0) is 37.0 Å². The van der Waals surface area contributed by atoms with Crippen molar-refractivity contribution in [3.05, 3.63) is 34.9 Å². The zero-order valence-corrected chi connectivity index (χ0v) is 9.17. The third kappa shape index (κ3) is 2.32. The molecule has 2 nitrogen and oxygen atoms in total. The molecule has 1 fully saturated rings. The molecule has 1 aromatic carbocycles. The standard InChI is InChI=1S/C12H13ClO2/c13-11-4-2-10(3-5-11)8-12(15-9-14)6-1-7-12/h2-5,9H,1,6-8H2. The fourth-order valence-electron chi connectivity index (χ4n) is 1.98. The summed E-state index contributed by atoms with van der Waals surface area (Å²) in [5, 5.41) is 0.734. The number of carbonyl (C=O) groups excluding carboxylic acids is 1. The van der Waals surface area contributed by atoms with Gasteiger partial charge < -0.3 is 4.74 Å². The average molecular weight is 225 g/mol. The van der Waals surface area contributed by atoms with E-state index < -0.39 is 0 Å². The normalized spacial score (nSPS) is 17.9. The van der Waals surface area contributed by atoms with Crippen molar-refractivity contribution in [2.24, 2.45) is 0 Å². The van der Waals surface area contributed by atoms with Gasteiger partial charge in [0, 0.05) is 11.4 Å². The first-order valence-corrected chi connectivity index (χ1v) is 5.48. The summed E-state index contributed by atoms with van der Waals surface area (Å²) in [6, 6.07) is 7.70. The quantitative estimate of drug-likeness (QED) is 0.735. The first kappa shape index (κ1) is 10.5. The summed E-state index contributed by atoms with van der Waals surface area (Å²) in [4.78, 5) is 10.4. The minimum atomic E-state index is -0.240. The Morgan fingerprint density at radius 1 is 1.33 bits per heavy atom. The molecule has 0 amide bonds. The van der Waals surface area contributed by atoms with Crippen LogP contribution in [0.4, 0.5) is 0 Å². The van der Waals surface area contributed by atoms with Gasteiger partial charge in [-0.1, -0.05) is 23.7 Å². The molecule has 1 aromatic rings. The van der Waals surface area contributed by atoms with Crippen molar-refractivity contribution in [1.29, 1.82) is 0 Å². The van der Waals surface area contributed by atoms with E-state index in [1.165, 1.54) is 5.56 Å². The Balaban J connectivity index is 2.06. The largest absolute Gasteiger partial charge is 0.461 e. The molecule has 1 saturated carbocycles. The van der Waals surface area contributed by atoms with Crippen molar-refractivity contribution in [1.82, 2.24) is 0 Å². The van der Waals surface area contributed by atoms with Gasteiger partial charge in [-0.3, -0.25) is 4.79 Å². The lowest BCUT2D eigenvalue weighted by Gasteiger charge is -2.39. The number of benzene rings is 1. The van der Waals surface area contributed by atoms with Crippen LogP contribution in [0, 0.1) is 0 Å². The summed E-state index contributed by atoms with van der Waals surface area (Å²) in [7, 11) is 0. The Labute approximate surface area is 94.2 Å². The lowest BCUT2D eigenvalue weighted by molar-refractivity contribution is -0.152. The number of hydrogen-bond acceptors (Lipinski definition) is 2. The van der Waals surface area contributed by atoms with Gasteiger partial charge in [0.25, 0.3) is 6.47 Å². The van der Waals surface area contributed by atoms with Crippen LogP contribution in [0.5, 0.6) is 0 Å². The number of rotatable bonds is 4. The Morgan fingerprint density at radius 2 is 2.00 bits per heavy atom. The summed E-state index contributed by atoms with van der Waals surface area (Å²) in [5.41, 5.74) is 0.927. The molecule has 0 aromatic heterocycles. The molecule has 0 heterocycles. The van der Waals surface area contributed by atoms with E-state index in [0.29, 0.717) is 6.47 Å². The zero-order valence-electron chi connectivity index (χ0n) is 8.41. The molecule has 0 saturated heterocycles. The molecule has 0 radical (unpaired) electrons. The number of hydrogen-bond donors (Lipinski definition) is 0. The molecule has 0 N–H and O–H groups in total. The molecule has 2 rings (SSSR count). The average Bonchev–Trinajstić information content (AvgIpc) is 2.18. The van der Waals surface area contributed by atoms with Crippen molar-refractivity contribution in [2.45, 2.75) is 31.3 Å². The van der Waals surface area contributed by atoms with Crippen LogP contribution in [0.3, 0.4) is 0 Å². The van der Waals surface area contributed by atoms with Gasteiger partial charge in [0.15, 0.2) is 0 Å². The minimum absolute atomic E-state index is 0.240. The molecule has 0 aliphatic heterocycles. The second-order valence-electron chi connectivity index (χ2n) is 4.05. The van der Waals surface area contributed by atoms with E-state index in [-0.39, 0.29) is 5.60 Å². The van der Waals surface area contributed by atoms with Gasteiger partial charge in [-0.25, -0.2) is 0 Å². The second-order valence-corrected chi connectivity index (χ2v) is 4.49. The topological polar surface area (TPSA) is 26.3 Å². The summed E-state index contributed by atoms with van der Waals surface area (Å²) in [6.07, 6.45) is 3.87. The first-order chi connectivity index (χ1) is 7.24. The Kier molecular flexibility index (Phi) is 2.96. The number of carbonyl (C=O) groups is 1. The fraction of sp³-hybridized carbons (Fsp3) is 0.417. The van der Waals surface area contributed by atoms with Gasteiger partial charge in [-0.2, -0.15) is 0 Å². The molecule has 0 bridgehead atoms. The number of halogens is 1. The fourth-order valence-corrected chi connectivity index (χ4v) is 2.11. The summed E-state index contributed by atoms with van der Waals surface area (Å²) < 4.78 is 5.19. The van der Waals surface area contributed by atoms with Crippen molar-refractivity contribution in [3.8, 4) is 0 Å². The Morgan fingerprint density at radius 3 is 2.47 bits per heavy atom. The lowest BCUT2D eigenvalue weighted by atomic mass is 9.76. The smallest absolute Gasteiger partial charge is 0.293 e. The van der Waals surface area contributed by atoms with Gasteiger partial charge in [0.05, 0.1) is 0 Å². The summed E-state index contributed by atoms with van der Waals surface area (Å²) in [5.74, 6) is 0. The molecular formula is C12H13ClO2. The van der Waals surface area contributed by atoms with E-state index in [4.69, 9.17) is 16.3 Å². The van der Waals surface area contributed by atoms with E-state index in [1.807, 2.05) is 24.3 Å². The Bertz CT molecular complexity index is 341. The predicted octanol–water partition coefficient (Wildman–Crippen LogP) is 2.98. The van der Waals surface area contributed by atoms with E-state index in [2.05, 4.69) is 0 Å². The zero-order chi connectivity index (χ0) is 10.7. The van der Waals surface area contributed by atoms with E-state index in [1.54, 1.807) is 0 Å². The van der Waals surface area contributed by atoms with Crippen LogP contribution >= 0.6 is 11.6 Å². The molecule has 0 atom stereocenters. The predicted molar refractivity (Wildman–Crippen MR) is 58.9 cm³/mol. The van der Waals surface area contributed by atoms with Crippen LogP contribution < -0.4 is 0 Å². The maximum Gasteiger partial charge on any atom is 0.293 e. The molecule has 1 aliphatic rings. The van der Waals surface area contributed by atoms with Gasteiger partial charge >= 0.3 is 0 Å². The second kappa shape index (κ2) is 4.23. The Hall–Kier alpha value is -1.02. The summed E-state index contributed by atoms with van der Waals surface area (Å²) in [6.45, 7) is 0.565. The highest BCUT2D eigenvalue weighted by atomic mass is 35.5. The van der Waals surface area contributed by atoms with Gasteiger partial charge in [-0.15, -0.1) is 0 Å². The van der Waals surface area contributed by atoms with Crippen LogP contribution in [-0.4, -0.2) is 12.1 Å². The molecule has 3 heteroatoms. The molecule has 0 unspecified atom stereocenters. The van der Waals surface area contributed by atoms with Crippen LogP contribution in [0.1, 0.15) is 24.8 Å². The molecule has 1 aliphatic carbocycles. The van der Waals surface area contributed by atoms with Crippen LogP contribution in [-0.2, 0) is 16.0 Å². The third-order valence-electron chi connectivity index (χ3n) is 3.00. The van der Waals surface area contributed by atoms with E-state index in [0.717, 1.165) is 30.7 Å². The first-order valence-electron chi connectivity index (χ1n) is 5.10. The third-order valence-corrected chi connectivity index (χ3v) is 3.25. The molecular weight excluding hydrogens is 212 g/mol. The van der Waals surface area contributed by atoms with E-state index >= 15 is 0 Å². The van der Waals surface area contributed by atoms with Crippen LogP contribution in [0.2, 0.25) is 5.02 Å². The minimum Gasteiger partial charge on any atom is -0.461 e. The van der Waals surface area contributed by atoms with Crippen molar-refractivity contribution in [3.63, 3.8) is 0 Å². The summed E-state index contributed by atoms with van der Waals surface area (Å²) >= 11 is 5.80. The lowest BCUT2D eigenvalue weighted by Crippen LogP contribution is -2.41. The molecule has 0 spiro atoms. The van der Waals surface area contributed by atoms with Crippen molar-refractivity contribution < 1.29 is 9.53 Å². The molecule has 15 heavy (non-hydrogen) atoms. The SMILES string of the molecule is O=COC1(Cc2ccc(Cl)cc2)CCC1. The monoisotopic (exact) mass is 224 g/mol. The van der Waals surface area contributed by atoms with Crippen LogP contribution in [0.25, 0.3) is 0 Å².